The van der Waals surface area contributed by atoms with E-state index in [9.17, 15) is 19.2 Å². The second-order valence-corrected chi connectivity index (χ2v) is 8.69. The molecule has 4 rings (SSSR count). The molecule has 7 nitrogen and oxygen atoms in total. The van der Waals surface area contributed by atoms with Gasteiger partial charge in [0.15, 0.2) is 0 Å². The monoisotopic (exact) mass is 462 g/mol. The Bertz CT molecular complexity index is 1200. The lowest BCUT2D eigenvalue weighted by molar-refractivity contribution is -0.122. The summed E-state index contributed by atoms with van der Waals surface area (Å²) in [6, 6.07) is 16.1. The Morgan fingerprint density at radius 3 is 2.42 bits per heavy atom. The zero-order chi connectivity index (χ0) is 23.5. The van der Waals surface area contributed by atoms with Crippen LogP contribution in [0.4, 0.5) is 5.69 Å². The van der Waals surface area contributed by atoms with Gasteiger partial charge in [-0.05, 0) is 54.3 Å². The quantitative estimate of drug-likeness (QED) is 0.411. The van der Waals surface area contributed by atoms with Gasteiger partial charge in [-0.3, -0.25) is 14.4 Å². The van der Waals surface area contributed by atoms with E-state index in [1.54, 1.807) is 12.1 Å². The first-order valence-corrected chi connectivity index (χ1v) is 11.2. The highest BCUT2D eigenvalue weighted by atomic mass is 32.1. The first kappa shape index (κ1) is 22.4. The predicted octanol–water partition coefficient (Wildman–Crippen LogP) is 3.82. The highest BCUT2D eigenvalue weighted by molar-refractivity contribution is 7.09. The number of hydrogen-bond acceptors (Lipinski definition) is 6. The Labute approximate surface area is 195 Å². The average molecular weight is 463 g/mol. The number of carbonyl (C=O) groups is 4. The fourth-order valence-electron chi connectivity index (χ4n) is 3.86. The molecule has 0 aliphatic carbocycles. The minimum absolute atomic E-state index is 0.111. The van der Waals surface area contributed by atoms with Gasteiger partial charge in [-0.15, -0.1) is 11.3 Å². The van der Waals surface area contributed by atoms with Crippen LogP contribution in [0.5, 0.6) is 0 Å². The molecule has 1 aromatic heterocycles. The summed E-state index contributed by atoms with van der Waals surface area (Å²) in [6.45, 7) is 2.07. The van der Waals surface area contributed by atoms with Gasteiger partial charge in [0.05, 0.1) is 31.3 Å². The Morgan fingerprint density at radius 2 is 1.79 bits per heavy atom. The van der Waals surface area contributed by atoms with E-state index in [0.717, 1.165) is 15.3 Å². The summed E-state index contributed by atoms with van der Waals surface area (Å²) in [5, 5.41) is 1.91. The normalized spacial score (nSPS) is 15.6. The number of ether oxygens (including phenoxy) is 1. The number of esters is 1. The van der Waals surface area contributed by atoms with E-state index in [1.807, 2.05) is 36.6 Å². The molecule has 3 amide bonds. The topological polar surface area (TPSA) is 84.0 Å². The van der Waals surface area contributed by atoms with Gasteiger partial charge < -0.3 is 9.64 Å². The summed E-state index contributed by atoms with van der Waals surface area (Å²) in [6.07, 6.45) is -0.111. The fourth-order valence-corrected chi connectivity index (χ4v) is 4.56. The van der Waals surface area contributed by atoms with Crippen LogP contribution < -0.4 is 4.90 Å². The first-order valence-electron chi connectivity index (χ1n) is 10.3. The van der Waals surface area contributed by atoms with Crippen molar-refractivity contribution in [1.29, 1.82) is 0 Å². The van der Waals surface area contributed by atoms with Crippen molar-refractivity contribution in [2.45, 2.75) is 25.9 Å². The lowest BCUT2D eigenvalue weighted by Gasteiger charge is -2.28. The van der Waals surface area contributed by atoms with Crippen molar-refractivity contribution in [3.63, 3.8) is 0 Å². The molecule has 0 saturated carbocycles. The largest absolute Gasteiger partial charge is 0.465 e. The summed E-state index contributed by atoms with van der Waals surface area (Å²) in [7, 11) is 1.28. The molecule has 3 aromatic rings. The van der Waals surface area contributed by atoms with Crippen LogP contribution in [0, 0.1) is 6.92 Å². The third-order valence-corrected chi connectivity index (χ3v) is 6.45. The van der Waals surface area contributed by atoms with Gasteiger partial charge in [0, 0.05) is 10.4 Å². The molecule has 33 heavy (non-hydrogen) atoms. The van der Waals surface area contributed by atoms with E-state index in [0.29, 0.717) is 16.8 Å². The van der Waals surface area contributed by atoms with E-state index in [2.05, 4.69) is 0 Å². The number of amides is 3. The van der Waals surface area contributed by atoms with Gasteiger partial charge in [0.1, 0.15) is 6.04 Å². The van der Waals surface area contributed by atoms with Crippen molar-refractivity contribution in [3.8, 4) is 0 Å². The highest BCUT2D eigenvalue weighted by Gasteiger charge is 2.44. The molecule has 2 heterocycles. The number of imide groups is 1. The molecule has 8 heteroatoms. The van der Waals surface area contributed by atoms with Crippen LogP contribution in [-0.2, 0) is 20.9 Å². The SMILES string of the molecule is COC(=O)c1ccc(N2C(=O)CC(N(Cc3cccs3)C(=O)c3ccccc3C)C2=O)cc1. The third-order valence-electron chi connectivity index (χ3n) is 5.59. The smallest absolute Gasteiger partial charge is 0.337 e. The Kier molecular flexibility index (Phi) is 6.37. The molecule has 1 saturated heterocycles. The van der Waals surface area contributed by atoms with Crippen LogP contribution in [0.15, 0.2) is 66.0 Å². The van der Waals surface area contributed by atoms with Crippen LogP contribution in [0.2, 0.25) is 0 Å². The second kappa shape index (κ2) is 9.38. The Morgan fingerprint density at radius 1 is 1.06 bits per heavy atom. The summed E-state index contributed by atoms with van der Waals surface area (Å²) in [5.74, 6) is -1.67. The molecular weight excluding hydrogens is 440 g/mol. The lowest BCUT2D eigenvalue weighted by Crippen LogP contribution is -2.45. The predicted molar refractivity (Wildman–Crippen MR) is 124 cm³/mol. The molecule has 1 unspecified atom stereocenters. The molecular formula is C25H22N2O5S. The van der Waals surface area contributed by atoms with Crippen molar-refractivity contribution < 1.29 is 23.9 Å². The first-order chi connectivity index (χ1) is 15.9. The number of methoxy groups -OCH3 is 1. The number of carbonyl (C=O) groups excluding carboxylic acids is 4. The van der Waals surface area contributed by atoms with Crippen molar-refractivity contribution in [3.05, 3.63) is 87.6 Å². The number of thiophene rings is 1. The summed E-state index contributed by atoms with van der Waals surface area (Å²) >= 11 is 1.48. The summed E-state index contributed by atoms with van der Waals surface area (Å²) in [4.78, 5) is 55.0. The van der Waals surface area contributed by atoms with E-state index in [-0.39, 0.29) is 18.9 Å². The molecule has 168 valence electrons. The number of aryl methyl sites for hydroxylation is 1. The minimum atomic E-state index is -0.924. The van der Waals surface area contributed by atoms with Crippen LogP contribution in [0.3, 0.4) is 0 Å². The number of nitrogens with zero attached hydrogens (tertiary/aromatic N) is 2. The van der Waals surface area contributed by atoms with E-state index in [4.69, 9.17) is 4.74 Å². The summed E-state index contributed by atoms with van der Waals surface area (Å²) < 4.78 is 4.69. The van der Waals surface area contributed by atoms with E-state index in [1.165, 1.54) is 47.6 Å². The molecule has 2 aromatic carbocycles. The van der Waals surface area contributed by atoms with Gasteiger partial charge in [-0.2, -0.15) is 0 Å². The Hall–Kier alpha value is -3.78. The molecule has 1 atom stereocenters. The molecule has 0 bridgehead atoms. The van der Waals surface area contributed by atoms with Gasteiger partial charge in [-0.1, -0.05) is 24.3 Å². The van der Waals surface area contributed by atoms with E-state index < -0.39 is 23.8 Å². The number of anilines is 1. The number of rotatable bonds is 6. The van der Waals surface area contributed by atoms with Gasteiger partial charge >= 0.3 is 5.97 Å². The maximum atomic E-state index is 13.5. The average Bonchev–Trinajstić information content (AvgIpc) is 3.44. The zero-order valence-corrected chi connectivity index (χ0v) is 19.0. The number of benzene rings is 2. The van der Waals surface area contributed by atoms with E-state index >= 15 is 0 Å². The number of hydrogen-bond donors (Lipinski definition) is 0. The summed E-state index contributed by atoms with van der Waals surface area (Å²) in [5.41, 5.74) is 1.95. The maximum Gasteiger partial charge on any atom is 0.337 e. The van der Waals surface area contributed by atoms with Crippen LogP contribution in [0.25, 0.3) is 0 Å². The molecule has 1 aliphatic rings. The van der Waals surface area contributed by atoms with Crippen LogP contribution in [-0.4, -0.2) is 41.7 Å². The van der Waals surface area contributed by atoms with Gasteiger partial charge in [0.25, 0.3) is 11.8 Å². The molecule has 1 fully saturated rings. The van der Waals surface area contributed by atoms with Crippen molar-refractivity contribution in [2.75, 3.05) is 12.0 Å². The van der Waals surface area contributed by atoms with Crippen molar-refractivity contribution in [2.24, 2.45) is 0 Å². The highest BCUT2D eigenvalue weighted by Crippen LogP contribution is 2.29. The second-order valence-electron chi connectivity index (χ2n) is 7.65. The van der Waals surface area contributed by atoms with Crippen molar-refractivity contribution in [1.82, 2.24) is 4.90 Å². The Balaban J connectivity index is 1.65. The van der Waals surface area contributed by atoms with Crippen molar-refractivity contribution >= 4 is 40.7 Å². The van der Waals surface area contributed by atoms with Crippen LogP contribution >= 0.6 is 11.3 Å². The standard InChI is InChI=1S/C25H22N2O5S/c1-16-6-3-4-8-20(16)23(29)26(15-19-7-5-13-33-19)21-14-22(28)27(24(21)30)18-11-9-17(10-12-18)25(31)32-2/h3-13,21H,14-15H2,1-2H3. The van der Waals surface area contributed by atoms with Gasteiger partial charge in [0.2, 0.25) is 5.91 Å². The van der Waals surface area contributed by atoms with Gasteiger partial charge in [-0.25, -0.2) is 9.69 Å². The maximum absolute atomic E-state index is 13.5. The zero-order valence-electron chi connectivity index (χ0n) is 18.2. The minimum Gasteiger partial charge on any atom is -0.465 e. The molecule has 0 spiro atoms. The lowest BCUT2D eigenvalue weighted by atomic mass is 10.1. The van der Waals surface area contributed by atoms with Crippen LogP contribution in [0.1, 0.15) is 37.6 Å². The molecule has 0 radical (unpaired) electrons. The fraction of sp³-hybridized carbons (Fsp3) is 0.200. The molecule has 0 N–H and O–H groups in total. The molecule has 1 aliphatic heterocycles. The third kappa shape index (κ3) is 4.42.